The third kappa shape index (κ3) is 2.20. The van der Waals surface area contributed by atoms with Gasteiger partial charge in [-0.3, -0.25) is 4.90 Å². The first-order valence-corrected chi connectivity index (χ1v) is 5.07. The lowest BCUT2D eigenvalue weighted by Gasteiger charge is -2.26. The standard InChI is InChI=1S/C10H21NO/c1-4-5-11-7-9(12)6-10(11)8(2)3/h8-10,12H,4-7H2,1-3H3/t9-,10-/m1/s1. The quantitative estimate of drug-likeness (QED) is 0.695. The lowest BCUT2D eigenvalue weighted by molar-refractivity contribution is 0.172. The van der Waals surface area contributed by atoms with Crippen molar-refractivity contribution < 1.29 is 5.11 Å². The normalized spacial score (nSPS) is 31.8. The summed E-state index contributed by atoms with van der Waals surface area (Å²) >= 11 is 0. The molecular formula is C10H21NO. The van der Waals surface area contributed by atoms with Crippen molar-refractivity contribution in [3.05, 3.63) is 0 Å². The molecule has 1 aliphatic rings. The van der Waals surface area contributed by atoms with Crippen molar-refractivity contribution >= 4 is 0 Å². The molecule has 0 aromatic rings. The van der Waals surface area contributed by atoms with Gasteiger partial charge in [0.25, 0.3) is 0 Å². The molecule has 0 bridgehead atoms. The van der Waals surface area contributed by atoms with Crippen LogP contribution in [0.3, 0.4) is 0 Å². The second kappa shape index (κ2) is 4.24. The smallest absolute Gasteiger partial charge is 0.0682 e. The molecule has 2 atom stereocenters. The summed E-state index contributed by atoms with van der Waals surface area (Å²) in [6.45, 7) is 8.70. The topological polar surface area (TPSA) is 23.5 Å². The summed E-state index contributed by atoms with van der Waals surface area (Å²) in [5, 5.41) is 9.50. The first kappa shape index (κ1) is 10.0. The van der Waals surface area contributed by atoms with Gasteiger partial charge in [0.05, 0.1) is 6.10 Å². The van der Waals surface area contributed by atoms with Crippen molar-refractivity contribution in [3.8, 4) is 0 Å². The van der Waals surface area contributed by atoms with E-state index in [2.05, 4.69) is 25.7 Å². The van der Waals surface area contributed by atoms with Gasteiger partial charge in [-0.2, -0.15) is 0 Å². The fourth-order valence-corrected chi connectivity index (χ4v) is 2.15. The highest BCUT2D eigenvalue weighted by molar-refractivity contribution is 4.86. The van der Waals surface area contributed by atoms with E-state index in [-0.39, 0.29) is 6.10 Å². The summed E-state index contributed by atoms with van der Waals surface area (Å²) in [4.78, 5) is 2.43. The van der Waals surface area contributed by atoms with E-state index >= 15 is 0 Å². The van der Waals surface area contributed by atoms with Crippen LogP contribution in [0.25, 0.3) is 0 Å². The van der Waals surface area contributed by atoms with Crippen molar-refractivity contribution in [2.24, 2.45) is 5.92 Å². The number of hydrogen-bond acceptors (Lipinski definition) is 2. The molecule has 1 aliphatic heterocycles. The van der Waals surface area contributed by atoms with Crippen LogP contribution < -0.4 is 0 Å². The molecule has 1 fully saturated rings. The second-order valence-corrected chi connectivity index (χ2v) is 4.20. The molecule has 1 saturated heterocycles. The van der Waals surface area contributed by atoms with E-state index in [1.54, 1.807) is 0 Å². The van der Waals surface area contributed by atoms with Crippen LogP contribution in [-0.2, 0) is 0 Å². The van der Waals surface area contributed by atoms with Gasteiger partial charge in [0.2, 0.25) is 0 Å². The highest BCUT2D eigenvalue weighted by atomic mass is 16.3. The molecule has 1 N–H and O–H groups in total. The summed E-state index contributed by atoms with van der Waals surface area (Å²) in [6, 6.07) is 0.611. The number of aliphatic hydroxyl groups is 1. The van der Waals surface area contributed by atoms with Crippen LogP contribution >= 0.6 is 0 Å². The SMILES string of the molecule is CCCN1C[C@H](O)C[C@@H]1C(C)C. The van der Waals surface area contributed by atoms with Crippen LogP contribution in [0.1, 0.15) is 33.6 Å². The zero-order valence-corrected chi connectivity index (χ0v) is 8.45. The summed E-state index contributed by atoms with van der Waals surface area (Å²) in [7, 11) is 0. The molecule has 1 heterocycles. The van der Waals surface area contributed by atoms with Crippen LogP contribution in [-0.4, -0.2) is 35.2 Å². The van der Waals surface area contributed by atoms with Gasteiger partial charge >= 0.3 is 0 Å². The summed E-state index contributed by atoms with van der Waals surface area (Å²) in [5.74, 6) is 0.675. The van der Waals surface area contributed by atoms with Crippen LogP contribution in [0.4, 0.5) is 0 Å². The largest absolute Gasteiger partial charge is 0.392 e. The van der Waals surface area contributed by atoms with Crippen molar-refractivity contribution in [2.45, 2.75) is 45.8 Å². The Hall–Kier alpha value is -0.0800. The molecule has 2 nitrogen and oxygen atoms in total. The van der Waals surface area contributed by atoms with Crippen molar-refractivity contribution in [1.29, 1.82) is 0 Å². The van der Waals surface area contributed by atoms with E-state index in [1.165, 1.54) is 6.42 Å². The maximum Gasteiger partial charge on any atom is 0.0682 e. The molecule has 0 aromatic heterocycles. The number of β-amino-alcohol motifs (C(OH)–C–C–N with tert-alkyl or cyclic N) is 1. The number of likely N-dealkylation sites (tertiary alicyclic amines) is 1. The molecular weight excluding hydrogens is 150 g/mol. The Labute approximate surface area is 75.6 Å². The Morgan fingerprint density at radius 1 is 1.50 bits per heavy atom. The lowest BCUT2D eigenvalue weighted by atomic mass is 10.0. The zero-order chi connectivity index (χ0) is 9.14. The van der Waals surface area contributed by atoms with E-state index < -0.39 is 0 Å². The summed E-state index contributed by atoms with van der Waals surface area (Å²) < 4.78 is 0. The molecule has 0 radical (unpaired) electrons. The van der Waals surface area contributed by atoms with E-state index in [4.69, 9.17) is 0 Å². The molecule has 1 rings (SSSR count). The molecule has 0 aromatic carbocycles. The molecule has 72 valence electrons. The van der Waals surface area contributed by atoms with Gasteiger partial charge < -0.3 is 5.11 Å². The van der Waals surface area contributed by atoms with Crippen molar-refractivity contribution in [2.75, 3.05) is 13.1 Å². The van der Waals surface area contributed by atoms with E-state index in [0.717, 1.165) is 19.5 Å². The highest BCUT2D eigenvalue weighted by Crippen LogP contribution is 2.23. The summed E-state index contributed by atoms with van der Waals surface area (Å²) in [6.07, 6.45) is 2.08. The zero-order valence-electron chi connectivity index (χ0n) is 8.45. The Morgan fingerprint density at radius 2 is 2.17 bits per heavy atom. The Morgan fingerprint density at radius 3 is 2.67 bits per heavy atom. The molecule has 0 unspecified atom stereocenters. The fourth-order valence-electron chi connectivity index (χ4n) is 2.15. The molecule has 2 heteroatoms. The van der Waals surface area contributed by atoms with Gasteiger partial charge in [-0.05, 0) is 25.3 Å². The predicted octanol–water partition coefficient (Wildman–Crippen LogP) is 1.49. The minimum Gasteiger partial charge on any atom is -0.392 e. The fraction of sp³-hybridized carbons (Fsp3) is 1.00. The molecule has 0 aliphatic carbocycles. The Balaban J connectivity index is 2.47. The Kier molecular flexibility index (Phi) is 3.53. The van der Waals surface area contributed by atoms with Gasteiger partial charge in [0.1, 0.15) is 0 Å². The predicted molar refractivity (Wildman–Crippen MR) is 51.1 cm³/mol. The van der Waals surface area contributed by atoms with Gasteiger partial charge in [-0.15, -0.1) is 0 Å². The van der Waals surface area contributed by atoms with E-state index in [1.807, 2.05) is 0 Å². The van der Waals surface area contributed by atoms with Crippen molar-refractivity contribution in [3.63, 3.8) is 0 Å². The highest BCUT2D eigenvalue weighted by Gasteiger charge is 2.31. The average molecular weight is 171 g/mol. The first-order valence-electron chi connectivity index (χ1n) is 5.07. The number of rotatable bonds is 3. The van der Waals surface area contributed by atoms with Crippen molar-refractivity contribution in [1.82, 2.24) is 4.90 Å². The molecule has 0 amide bonds. The second-order valence-electron chi connectivity index (χ2n) is 4.20. The monoisotopic (exact) mass is 171 g/mol. The first-order chi connectivity index (χ1) is 5.65. The summed E-state index contributed by atoms with van der Waals surface area (Å²) in [5.41, 5.74) is 0. The van der Waals surface area contributed by atoms with Crippen LogP contribution in [0.15, 0.2) is 0 Å². The average Bonchev–Trinajstić information content (AvgIpc) is 2.32. The number of nitrogens with zero attached hydrogens (tertiary/aromatic N) is 1. The van der Waals surface area contributed by atoms with Gasteiger partial charge in [-0.25, -0.2) is 0 Å². The van der Waals surface area contributed by atoms with Crippen LogP contribution in [0, 0.1) is 5.92 Å². The minimum atomic E-state index is -0.0797. The maximum absolute atomic E-state index is 9.50. The van der Waals surface area contributed by atoms with Gasteiger partial charge in [-0.1, -0.05) is 20.8 Å². The number of aliphatic hydroxyl groups excluding tert-OH is 1. The van der Waals surface area contributed by atoms with Crippen LogP contribution in [0.2, 0.25) is 0 Å². The lowest BCUT2D eigenvalue weighted by Crippen LogP contribution is -2.34. The Bertz CT molecular complexity index is 136. The molecule has 0 spiro atoms. The van der Waals surface area contributed by atoms with Gasteiger partial charge in [0, 0.05) is 12.6 Å². The number of hydrogen-bond donors (Lipinski definition) is 1. The minimum absolute atomic E-state index is 0.0797. The van der Waals surface area contributed by atoms with E-state index in [0.29, 0.717) is 12.0 Å². The van der Waals surface area contributed by atoms with E-state index in [9.17, 15) is 5.11 Å². The van der Waals surface area contributed by atoms with Crippen LogP contribution in [0.5, 0.6) is 0 Å². The molecule has 12 heavy (non-hydrogen) atoms. The maximum atomic E-state index is 9.50. The third-order valence-electron chi connectivity index (χ3n) is 2.71. The third-order valence-corrected chi connectivity index (χ3v) is 2.71. The van der Waals surface area contributed by atoms with Gasteiger partial charge in [0.15, 0.2) is 0 Å². The molecule has 0 saturated carbocycles.